The van der Waals surface area contributed by atoms with Crippen LogP contribution in [-0.2, 0) is 15.0 Å². The van der Waals surface area contributed by atoms with Gasteiger partial charge in [-0.2, -0.15) is 0 Å². The quantitative estimate of drug-likeness (QED) is 0.137. The van der Waals surface area contributed by atoms with Crippen molar-refractivity contribution in [1.29, 1.82) is 0 Å². The average molecular weight is 518 g/mol. The molecule has 0 saturated heterocycles. The lowest BCUT2D eigenvalue weighted by atomic mass is 9.79. The van der Waals surface area contributed by atoms with Crippen LogP contribution in [0.15, 0.2) is 139 Å². The lowest BCUT2D eigenvalue weighted by Crippen LogP contribution is -2.23. The highest BCUT2D eigenvalue weighted by Crippen LogP contribution is 2.56. The van der Waals surface area contributed by atoms with Gasteiger partial charge in [0, 0.05) is 22.2 Å². The zero-order valence-electron chi connectivity index (χ0n) is 22.4. The molecule has 3 nitrogen and oxygen atoms in total. The summed E-state index contributed by atoms with van der Waals surface area (Å²) in [6, 6.07) is 36.1. The Hall–Kier alpha value is -5.02. The van der Waals surface area contributed by atoms with Crippen molar-refractivity contribution < 1.29 is 9.59 Å². The van der Waals surface area contributed by atoms with Crippen LogP contribution in [0.2, 0.25) is 0 Å². The van der Waals surface area contributed by atoms with Gasteiger partial charge in [-0.15, -0.1) is 0 Å². The van der Waals surface area contributed by atoms with Crippen molar-refractivity contribution in [3.8, 4) is 11.1 Å². The number of fused-ring (bicyclic) bond motifs is 6. The number of benzene rings is 5. The number of nitrogens with zero attached hydrogens (tertiary/aromatic N) is 1. The molecule has 0 unspecified atom stereocenters. The highest BCUT2D eigenvalue weighted by atomic mass is 16.2. The minimum atomic E-state index is -0.410. The van der Waals surface area contributed by atoms with E-state index in [1.807, 2.05) is 12.1 Å². The Bertz CT molecular complexity index is 1920. The highest BCUT2D eigenvalue weighted by Gasteiger charge is 2.43. The Kier molecular flexibility index (Phi) is 5.43. The zero-order chi connectivity index (χ0) is 27.4. The topological polar surface area (TPSA) is 37.4 Å². The number of hydrogen-bond donors (Lipinski definition) is 0. The van der Waals surface area contributed by atoms with Crippen molar-refractivity contribution in [3.63, 3.8) is 0 Å². The van der Waals surface area contributed by atoms with E-state index in [-0.39, 0.29) is 17.1 Å². The zero-order valence-corrected chi connectivity index (χ0v) is 22.4. The molecule has 1 heterocycles. The molecular formula is C37H27NO2. The minimum Gasteiger partial charge on any atom is -0.312 e. The number of carbonyl (C=O) groups is 2. The molecular weight excluding hydrogens is 490 g/mol. The van der Waals surface area contributed by atoms with Gasteiger partial charge in [0.05, 0.1) is 11.3 Å². The van der Waals surface area contributed by atoms with Gasteiger partial charge < -0.3 is 4.90 Å². The molecule has 0 amide bonds. The Morgan fingerprint density at radius 2 is 1.10 bits per heavy atom. The number of anilines is 2. The van der Waals surface area contributed by atoms with Crippen LogP contribution in [-0.4, -0.2) is 11.6 Å². The number of allylic oxidation sites excluding steroid dienone is 6. The van der Waals surface area contributed by atoms with Crippen LogP contribution in [0.25, 0.3) is 32.7 Å². The number of hydrogen-bond acceptors (Lipinski definition) is 3. The van der Waals surface area contributed by atoms with Gasteiger partial charge in [0.25, 0.3) is 0 Å². The highest BCUT2D eigenvalue weighted by molar-refractivity contribution is 6.33. The molecule has 0 radical (unpaired) electrons. The molecule has 2 aliphatic rings. The second-order valence-corrected chi connectivity index (χ2v) is 10.9. The van der Waals surface area contributed by atoms with E-state index in [9.17, 15) is 9.59 Å². The lowest BCUT2D eigenvalue weighted by Gasteiger charge is -2.27. The van der Waals surface area contributed by atoms with Crippen LogP contribution in [0.3, 0.4) is 0 Å². The molecule has 5 aromatic carbocycles. The van der Waals surface area contributed by atoms with Gasteiger partial charge in [0.1, 0.15) is 0 Å². The summed E-state index contributed by atoms with van der Waals surface area (Å²) in [6.45, 7) is 4.46. The Morgan fingerprint density at radius 1 is 0.575 bits per heavy atom. The van der Waals surface area contributed by atoms with Crippen molar-refractivity contribution in [2.24, 2.45) is 0 Å². The molecule has 3 heteroatoms. The summed E-state index contributed by atoms with van der Waals surface area (Å²) in [4.78, 5) is 27.2. The summed E-state index contributed by atoms with van der Waals surface area (Å²) in [5.41, 5.74) is 6.51. The summed E-state index contributed by atoms with van der Waals surface area (Å²) in [5, 5.41) is 4.79. The average Bonchev–Trinajstić information content (AvgIpc) is 3.43. The molecule has 0 N–H and O–H groups in total. The predicted octanol–water partition coefficient (Wildman–Crippen LogP) is 8.61. The van der Waals surface area contributed by atoms with Gasteiger partial charge in [-0.1, -0.05) is 105 Å². The number of carbonyl (C=O) groups excluding carboxylic acids is 2. The first-order chi connectivity index (χ1) is 19.4. The van der Waals surface area contributed by atoms with E-state index in [2.05, 4.69) is 116 Å². The van der Waals surface area contributed by atoms with E-state index >= 15 is 0 Å². The van der Waals surface area contributed by atoms with Crippen LogP contribution >= 0.6 is 0 Å². The molecule has 7 rings (SSSR count). The molecule has 0 bridgehead atoms. The SMILES string of the molecule is CC1(C)/C(=C\C=C2C(=O)C=CC2=O)N(c2ccc(-c3ccccc3)cc2)c2c1c1ccccc1c1ccccc21. The van der Waals surface area contributed by atoms with Crippen LogP contribution in [0, 0.1) is 0 Å². The van der Waals surface area contributed by atoms with Crippen molar-refractivity contribution in [3.05, 3.63) is 144 Å². The van der Waals surface area contributed by atoms with Crippen molar-refractivity contribution in [2.75, 3.05) is 4.90 Å². The van der Waals surface area contributed by atoms with Crippen LogP contribution in [0.4, 0.5) is 11.4 Å². The Balaban J connectivity index is 1.51. The van der Waals surface area contributed by atoms with Gasteiger partial charge in [0.2, 0.25) is 0 Å². The predicted molar refractivity (Wildman–Crippen MR) is 164 cm³/mol. The van der Waals surface area contributed by atoms with E-state index in [0.29, 0.717) is 0 Å². The van der Waals surface area contributed by atoms with Gasteiger partial charge in [0.15, 0.2) is 11.6 Å². The van der Waals surface area contributed by atoms with E-state index in [1.165, 1.54) is 44.8 Å². The Labute approximate surface area is 233 Å². The maximum Gasteiger partial charge on any atom is 0.189 e. The summed E-state index contributed by atoms with van der Waals surface area (Å²) < 4.78 is 0. The number of rotatable bonds is 3. The molecule has 5 aromatic rings. The second-order valence-electron chi connectivity index (χ2n) is 10.9. The van der Waals surface area contributed by atoms with E-state index in [0.717, 1.165) is 22.6 Å². The van der Waals surface area contributed by atoms with E-state index in [1.54, 1.807) is 6.08 Å². The standard InChI is InChI=1S/C37H27NO2/c1-37(2)34(23-20-31-32(39)21-22-33(31)40)38(26-18-16-25(17-19-26)24-10-4-3-5-11-24)36-30-15-9-7-13-28(30)27-12-6-8-14-29(27)35(36)37/h3-23H,1-2H3/b34-23+. The molecule has 192 valence electrons. The first kappa shape index (κ1) is 24.1. The lowest BCUT2D eigenvalue weighted by molar-refractivity contribution is -0.115. The van der Waals surface area contributed by atoms with Gasteiger partial charge >= 0.3 is 0 Å². The third-order valence-corrected chi connectivity index (χ3v) is 8.19. The van der Waals surface area contributed by atoms with Crippen molar-refractivity contribution in [2.45, 2.75) is 19.3 Å². The number of ketones is 2. The molecule has 0 aromatic heterocycles. The summed E-state index contributed by atoms with van der Waals surface area (Å²) in [5.74, 6) is -0.491. The molecule has 1 aliphatic heterocycles. The molecule has 40 heavy (non-hydrogen) atoms. The van der Waals surface area contributed by atoms with Crippen LogP contribution in [0.5, 0.6) is 0 Å². The fourth-order valence-electron chi connectivity index (χ4n) is 6.28. The van der Waals surface area contributed by atoms with E-state index in [4.69, 9.17) is 0 Å². The summed E-state index contributed by atoms with van der Waals surface area (Å²) >= 11 is 0. The summed E-state index contributed by atoms with van der Waals surface area (Å²) in [6.07, 6.45) is 6.36. The first-order valence-corrected chi connectivity index (χ1v) is 13.5. The first-order valence-electron chi connectivity index (χ1n) is 13.5. The largest absolute Gasteiger partial charge is 0.312 e. The minimum absolute atomic E-state index is 0.202. The Morgan fingerprint density at radius 3 is 1.75 bits per heavy atom. The molecule has 0 atom stereocenters. The third-order valence-electron chi connectivity index (χ3n) is 8.19. The molecule has 0 spiro atoms. The normalized spacial score (nSPS) is 16.9. The second kappa shape index (κ2) is 9.03. The third kappa shape index (κ3) is 3.59. The summed E-state index contributed by atoms with van der Waals surface area (Å²) in [7, 11) is 0. The molecule has 0 fully saturated rings. The van der Waals surface area contributed by atoms with Crippen molar-refractivity contribution in [1.82, 2.24) is 0 Å². The van der Waals surface area contributed by atoms with Gasteiger partial charge in [-0.25, -0.2) is 0 Å². The molecule has 1 aliphatic carbocycles. The van der Waals surface area contributed by atoms with E-state index < -0.39 is 5.41 Å². The maximum absolute atomic E-state index is 12.4. The maximum atomic E-state index is 12.4. The van der Waals surface area contributed by atoms with Crippen LogP contribution in [0.1, 0.15) is 19.4 Å². The smallest absolute Gasteiger partial charge is 0.189 e. The monoisotopic (exact) mass is 517 g/mol. The van der Waals surface area contributed by atoms with Gasteiger partial charge in [-0.3, -0.25) is 9.59 Å². The van der Waals surface area contributed by atoms with Crippen molar-refractivity contribution >= 4 is 44.5 Å². The van der Waals surface area contributed by atoms with Crippen LogP contribution < -0.4 is 4.90 Å². The van der Waals surface area contributed by atoms with Gasteiger partial charge in [-0.05, 0) is 69.3 Å². The fourth-order valence-corrected chi connectivity index (χ4v) is 6.28. The molecule has 0 saturated carbocycles. The fraction of sp³-hybridized carbons (Fsp3) is 0.0811.